The maximum atomic E-state index is 13.2. The fourth-order valence-corrected chi connectivity index (χ4v) is 4.23. The van der Waals surface area contributed by atoms with Gasteiger partial charge in [0.2, 0.25) is 5.91 Å². The largest absolute Gasteiger partial charge is 0.463 e. The highest BCUT2D eigenvalue weighted by Crippen LogP contribution is 2.23. The standard InChI is InChI=1S/C26H25FN6O3/c27-20-5-3-18(4-6-20)21-8-10-25(34)33(31-21)16-13-28-26(35)19-11-14-32(15-12-19)24-9-7-22(29-30-24)23-2-1-17-36-23/h1-10,17,19H,11-16H2,(H,28,35). The predicted octanol–water partition coefficient (Wildman–Crippen LogP) is 3.13. The summed E-state index contributed by atoms with van der Waals surface area (Å²) >= 11 is 0. The number of carbonyl (C=O) groups is 1. The van der Waals surface area contributed by atoms with Gasteiger partial charge in [0.25, 0.3) is 5.56 Å². The molecule has 1 saturated heterocycles. The Morgan fingerprint density at radius 1 is 1.00 bits per heavy atom. The van der Waals surface area contributed by atoms with Gasteiger partial charge in [-0.2, -0.15) is 5.10 Å². The van der Waals surface area contributed by atoms with Crippen LogP contribution in [0.1, 0.15) is 12.8 Å². The van der Waals surface area contributed by atoms with E-state index in [9.17, 15) is 14.0 Å². The van der Waals surface area contributed by atoms with E-state index in [0.29, 0.717) is 55.2 Å². The molecular formula is C26H25FN6O3. The minimum atomic E-state index is -0.337. The number of amides is 1. The molecule has 1 amide bonds. The summed E-state index contributed by atoms with van der Waals surface area (Å²) in [6.07, 6.45) is 3.00. The van der Waals surface area contributed by atoms with E-state index in [1.807, 2.05) is 18.2 Å². The molecule has 1 fully saturated rings. The summed E-state index contributed by atoms with van der Waals surface area (Å²) in [7, 11) is 0. The van der Waals surface area contributed by atoms with E-state index >= 15 is 0 Å². The summed E-state index contributed by atoms with van der Waals surface area (Å²) in [5, 5.41) is 15.8. The molecule has 9 nitrogen and oxygen atoms in total. The molecule has 1 aliphatic heterocycles. The van der Waals surface area contributed by atoms with Gasteiger partial charge in [0.05, 0.1) is 18.5 Å². The second-order valence-corrected chi connectivity index (χ2v) is 8.59. The normalized spacial score (nSPS) is 14.1. The van der Waals surface area contributed by atoms with Crippen LogP contribution in [0.25, 0.3) is 22.7 Å². The van der Waals surface area contributed by atoms with Crippen LogP contribution < -0.4 is 15.8 Å². The number of furan rings is 1. The first-order valence-electron chi connectivity index (χ1n) is 11.8. The number of aromatic nitrogens is 4. The summed E-state index contributed by atoms with van der Waals surface area (Å²) in [5.74, 6) is 0.972. The minimum Gasteiger partial charge on any atom is -0.463 e. The molecule has 36 heavy (non-hydrogen) atoms. The second-order valence-electron chi connectivity index (χ2n) is 8.59. The molecule has 0 radical (unpaired) electrons. The lowest BCUT2D eigenvalue weighted by Gasteiger charge is -2.31. The summed E-state index contributed by atoms with van der Waals surface area (Å²) in [6.45, 7) is 1.94. The summed E-state index contributed by atoms with van der Waals surface area (Å²) in [5.41, 5.74) is 1.69. The Morgan fingerprint density at radius 3 is 2.47 bits per heavy atom. The molecule has 1 N–H and O–H groups in total. The Bertz CT molecular complexity index is 1360. The van der Waals surface area contributed by atoms with Crippen LogP contribution in [0.3, 0.4) is 0 Å². The van der Waals surface area contributed by atoms with Crippen molar-refractivity contribution in [3.63, 3.8) is 0 Å². The van der Waals surface area contributed by atoms with E-state index < -0.39 is 0 Å². The fraction of sp³-hybridized carbons (Fsp3) is 0.269. The zero-order valence-electron chi connectivity index (χ0n) is 19.5. The van der Waals surface area contributed by atoms with Crippen LogP contribution in [0.4, 0.5) is 10.2 Å². The fourth-order valence-electron chi connectivity index (χ4n) is 4.23. The SMILES string of the molecule is O=C(NCCn1nc(-c2ccc(F)cc2)ccc1=O)C1CCN(c2ccc(-c3ccco3)nn2)CC1. The van der Waals surface area contributed by atoms with Crippen molar-refractivity contribution >= 4 is 11.7 Å². The number of anilines is 1. The third kappa shape index (κ3) is 5.32. The summed E-state index contributed by atoms with van der Waals surface area (Å²) in [6, 6.07) is 16.4. The van der Waals surface area contributed by atoms with Crippen LogP contribution in [0.5, 0.6) is 0 Å². The quantitative estimate of drug-likeness (QED) is 0.426. The van der Waals surface area contributed by atoms with Crippen molar-refractivity contribution < 1.29 is 13.6 Å². The minimum absolute atomic E-state index is 0.0309. The first kappa shape index (κ1) is 23.4. The smallest absolute Gasteiger partial charge is 0.266 e. The lowest BCUT2D eigenvalue weighted by Crippen LogP contribution is -2.42. The Kier molecular flexibility index (Phi) is 6.83. The Morgan fingerprint density at radius 2 is 1.78 bits per heavy atom. The van der Waals surface area contributed by atoms with Crippen molar-refractivity contribution in [3.8, 4) is 22.7 Å². The molecule has 0 atom stereocenters. The number of rotatable bonds is 7. The van der Waals surface area contributed by atoms with Crippen LogP contribution in [0, 0.1) is 11.7 Å². The molecule has 5 rings (SSSR count). The highest BCUT2D eigenvalue weighted by molar-refractivity contribution is 5.79. The summed E-state index contributed by atoms with van der Waals surface area (Å²) < 4.78 is 19.8. The molecule has 1 aromatic carbocycles. The van der Waals surface area contributed by atoms with Crippen LogP contribution in [0.15, 0.2) is 76.1 Å². The van der Waals surface area contributed by atoms with Gasteiger partial charge >= 0.3 is 0 Å². The average molecular weight is 489 g/mol. The highest BCUT2D eigenvalue weighted by Gasteiger charge is 2.25. The molecular weight excluding hydrogens is 463 g/mol. The lowest BCUT2D eigenvalue weighted by molar-refractivity contribution is -0.125. The van der Waals surface area contributed by atoms with Crippen molar-refractivity contribution in [2.24, 2.45) is 5.92 Å². The molecule has 0 saturated carbocycles. The number of nitrogens with one attached hydrogen (secondary N) is 1. The second kappa shape index (κ2) is 10.5. The number of hydrogen-bond acceptors (Lipinski definition) is 7. The monoisotopic (exact) mass is 488 g/mol. The lowest BCUT2D eigenvalue weighted by atomic mass is 9.96. The number of nitrogens with zero attached hydrogens (tertiary/aromatic N) is 5. The van der Waals surface area contributed by atoms with Crippen LogP contribution in [-0.2, 0) is 11.3 Å². The molecule has 0 bridgehead atoms. The van der Waals surface area contributed by atoms with Crippen LogP contribution >= 0.6 is 0 Å². The maximum absolute atomic E-state index is 13.2. The van der Waals surface area contributed by atoms with E-state index in [1.165, 1.54) is 22.9 Å². The van der Waals surface area contributed by atoms with Gasteiger partial charge in [0.1, 0.15) is 11.5 Å². The predicted molar refractivity (Wildman–Crippen MR) is 132 cm³/mol. The van der Waals surface area contributed by atoms with Gasteiger partial charge in [-0.25, -0.2) is 9.07 Å². The van der Waals surface area contributed by atoms with Crippen LogP contribution in [-0.4, -0.2) is 45.5 Å². The zero-order chi connectivity index (χ0) is 24.9. The van der Waals surface area contributed by atoms with E-state index in [4.69, 9.17) is 4.42 Å². The molecule has 0 aliphatic carbocycles. The molecule has 4 heterocycles. The van der Waals surface area contributed by atoms with Crippen molar-refractivity contribution in [3.05, 3.63) is 83.1 Å². The maximum Gasteiger partial charge on any atom is 0.266 e. The highest BCUT2D eigenvalue weighted by atomic mass is 19.1. The summed E-state index contributed by atoms with van der Waals surface area (Å²) in [4.78, 5) is 27.0. The Hall–Kier alpha value is -4.34. The Balaban J connectivity index is 1.11. The number of halogens is 1. The molecule has 184 valence electrons. The zero-order valence-corrected chi connectivity index (χ0v) is 19.5. The van der Waals surface area contributed by atoms with Gasteiger partial charge < -0.3 is 14.6 Å². The molecule has 1 aliphatic rings. The van der Waals surface area contributed by atoms with Crippen molar-refractivity contribution in [2.45, 2.75) is 19.4 Å². The first-order valence-corrected chi connectivity index (χ1v) is 11.8. The number of hydrogen-bond donors (Lipinski definition) is 1. The third-order valence-electron chi connectivity index (χ3n) is 6.24. The van der Waals surface area contributed by atoms with Gasteiger partial charge in [-0.15, -0.1) is 10.2 Å². The van der Waals surface area contributed by atoms with Gasteiger partial charge in [-0.1, -0.05) is 0 Å². The number of piperidine rings is 1. The first-order chi connectivity index (χ1) is 17.6. The van der Waals surface area contributed by atoms with Gasteiger partial charge in [-0.3, -0.25) is 9.59 Å². The van der Waals surface area contributed by atoms with Crippen molar-refractivity contribution in [1.82, 2.24) is 25.3 Å². The van der Waals surface area contributed by atoms with Gasteiger partial charge in [0, 0.05) is 37.2 Å². The van der Waals surface area contributed by atoms with E-state index in [2.05, 4.69) is 25.5 Å². The van der Waals surface area contributed by atoms with Crippen molar-refractivity contribution in [2.75, 3.05) is 24.5 Å². The Labute approximate surface area is 206 Å². The van der Waals surface area contributed by atoms with Crippen molar-refractivity contribution in [1.29, 1.82) is 0 Å². The third-order valence-corrected chi connectivity index (χ3v) is 6.24. The van der Waals surface area contributed by atoms with Crippen LogP contribution in [0.2, 0.25) is 0 Å². The average Bonchev–Trinajstić information content (AvgIpc) is 3.46. The van der Waals surface area contributed by atoms with E-state index in [1.54, 1.807) is 30.5 Å². The number of benzene rings is 1. The van der Waals surface area contributed by atoms with Gasteiger partial charge in [-0.05, 0) is 67.4 Å². The molecule has 3 aromatic heterocycles. The molecule has 4 aromatic rings. The molecule has 0 unspecified atom stereocenters. The molecule has 10 heteroatoms. The van der Waals surface area contributed by atoms with E-state index in [-0.39, 0.29) is 29.7 Å². The van der Waals surface area contributed by atoms with Gasteiger partial charge in [0.15, 0.2) is 11.6 Å². The topological polar surface area (TPSA) is 106 Å². The number of carbonyl (C=O) groups excluding carboxylic acids is 1. The van der Waals surface area contributed by atoms with E-state index in [0.717, 1.165) is 5.82 Å². The molecule has 0 spiro atoms.